The van der Waals surface area contributed by atoms with Crippen molar-refractivity contribution in [2.75, 3.05) is 13.1 Å². The highest BCUT2D eigenvalue weighted by atomic mass is 16.2. The maximum Gasteiger partial charge on any atom is 0.225 e. The fraction of sp³-hybridized carbons (Fsp3) is 0.800. The third-order valence-electron chi connectivity index (χ3n) is 5.43. The van der Waals surface area contributed by atoms with Gasteiger partial charge in [-0.25, -0.2) is 0 Å². The number of aryl methyl sites for hydroxylation is 2. The number of hydrogen-bond acceptors (Lipinski definition) is 3. The van der Waals surface area contributed by atoms with Gasteiger partial charge < -0.3 is 9.47 Å². The largest absolute Gasteiger partial charge is 0.340 e. The highest BCUT2D eigenvalue weighted by Gasteiger charge is 2.42. The van der Waals surface area contributed by atoms with E-state index in [4.69, 9.17) is 0 Å². The summed E-state index contributed by atoms with van der Waals surface area (Å²) in [5, 5.41) is 8.49. The molecule has 0 unspecified atom stereocenters. The molecule has 1 saturated carbocycles. The molecule has 1 aliphatic carbocycles. The van der Waals surface area contributed by atoms with Gasteiger partial charge in [0.05, 0.1) is 6.04 Å². The Hall–Kier alpha value is -1.39. The number of fused-ring (bicyclic) bond motifs is 3. The van der Waals surface area contributed by atoms with Crippen LogP contribution in [0.3, 0.4) is 0 Å². The number of hydrogen-bond donors (Lipinski definition) is 0. The molecule has 3 heterocycles. The van der Waals surface area contributed by atoms with Crippen molar-refractivity contribution in [2.45, 2.75) is 51.5 Å². The van der Waals surface area contributed by atoms with Crippen LogP contribution in [0.4, 0.5) is 0 Å². The number of rotatable bonds is 1. The Bertz CT molecular complexity index is 532. The summed E-state index contributed by atoms with van der Waals surface area (Å²) in [7, 11) is 0. The van der Waals surface area contributed by atoms with Crippen molar-refractivity contribution in [3.63, 3.8) is 0 Å². The molecule has 5 nitrogen and oxygen atoms in total. The second-order valence-electron chi connectivity index (χ2n) is 6.62. The highest BCUT2D eigenvalue weighted by Crippen LogP contribution is 2.38. The molecular weight excluding hydrogens is 252 g/mol. The van der Waals surface area contributed by atoms with Gasteiger partial charge in [0, 0.05) is 25.4 Å². The van der Waals surface area contributed by atoms with Gasteiger partial charge in [-0.15, -0.1) is 10.2 Å². The molecule has 20 heavy (non-hydrogen) atoms. The van der Waals surface area contributed by atoms with Crippen LogP contribution in [-0.2, 0) is 11.2 Å². The summed E-state index contributed by atoms with van der Waals surface area (Å²) in [5.74, 6) is 3.42. The van der Waals surface area contributed by atoms with Crippen LogP contribution in [0.1, 0.15) is 49.8 Å². The Morgan fingerprint density at radius 2 is 1.95 bits per heavy atom. The SMILES string of the molecule is Cc1nnc2n1[C@H]1CN(C(=O)C3CCCC3)C[C@H]1CC2. The van der Waals surface area contributed by atoms with Gasteiger partial charge in [-0.05, 0) is 32.1 Å². The molecule has 1 saturated heterocycles. The molecule has 0 aromatic carbocycles. The van der Waals surface area contributed by atoms with Crippen LogP contribution < -0.4 is 0 Å². The normalized spacial score (nSPS) is 29.6. The van der Waals surface area contributed by atoms with Gasteiger partial charge in [-0.1, -0.05) is 12.8 Å². The molecule has 1 aromatic heterocycles. The van der Waals surface area contributed by atoms with Crippen LogP contribution in [0.5, 0.6) is 0 Å². The molecule has 4 rings (SSSR count). The number of nitrogens with zero attached hydrogens (tertiary/aromatic N) is 4. The summed E-state index contributed by atoms with van der Waals surface area (Å²) in [6.07, 6.45) is 6.81. The second kappa shape index (κ2) is 4.57. The van der Waals surface area contributed by atoms with Gasteiger partial charge in [0.15, 0.2) is 0 Å². The zero-order valence-corrected chi connectivity index (χ0v) is 12.1. The number of amides is 1. The fourth-order valence-electron chi connectivity index (χ4n) is 4.37. The topological polar surface area (TPSA) is 51.0 Å². The molecule has 1 amide bonds. The Morgan fingerprint density at radius 3 is 2.75 bits per heavy atom. The minimum Gasteiger partial charge on any atom is -0.340 e. The molecule has 108 valence electrons. The molecular formula is C15H22N4O. The first-order valence-corrected chi connectivity index (χ1v) is 7.93. The van der Waals surface area contributed by atoms with Gasteiger partial charge in [0.25, 0.3) is 0 Å². The number of likely N-dealkylation sites (tertiary alicyclic amines) is 1. The molecule has 0 N–H and O–H groups in total. The lowest BCUT2D eigenvalue weighted by molar-refractivity contribution is -0.134. The van der Waals surface area contributed by atoms with Gasteiger partial charge in [0.2, 0.25) is 5.91 Å². The molecule has 3 aliphatic rings. The van der Waals surface area contributed by atoms with Crippen LogP contribution in [0, 0.1) is 18.8 Å². The molecule has 0 spiro atoms. The predicted octanol–water partition coefficient (Wildman–Crippen LogP) is 1.72. The number of aromatic nitrogens is 3. The molecule has 5 heteroatoms. The molecule has 0 radical (unpaired) electrons. The highest BCUT2D eigenvalue weighted by molar-refractivity contribution is 5.79. The Morgan fingerprint density at radius 1 is 1.15 bits per heavy atom. The van der Waals surface area contributed by atoms with E-state index in [9.17, 15) is 4.79 Å². The quantitative estimate of drug-likeness (QED) is 0.783. The van der Waals surface area contributed by atoms with Crippen LogP contribution in [0.2, 0.25) is 0 Å². The Balaban J connectivity index is 1.55. The van der Waals surface area contributed by atoms with Crippen molar-refractivity contribution in [2.24, 2.45) is 11.8 Å². The predicted molar refractivity (Wildman–Crippen MR) is 74.1 cm³/mol. The van der Waals surface area contributed by atoms with Crippen LogP contribution >= 0.6 is 0 Å². The van der Waals surface area contributed by atoms with E-state index < -0.39 is 0 Å². The smallest absolute Gasteiger partial charge is 0.225 e. The van der Waals surface area contributed by atoms with E-state index in [1.165, 1.54) is 12.8 Å². The van der Waals surface area contributed by atoms with E-state index in [0.29, 0.717) is 23.8 Å². The maximum absolute atomic E-state index is 12.6. The van der Waals surface area contributed by atoms with E-state index in [1.807, 2.05) is 6.92 Å². The third-order valence-corrected chi connectivity index (χ3v) is 5.43. The summed E-state index contributed by atoms with van der Waals surface area (Å²) < 4.78 is 2.29. The minimum atomic E-state index is 0.302. The first-order valence-electron chi connectivity index (χ1n) is 7.93. The summed E-state index contributed by atoms with van der Waals surface area (Å²) in [6.45, 7) is 3.84. The Labute approximate surface area is 119 Å². The Kier molecular flexibility index (Phi) is 2.82. The van der Waals surface area contributed by atoms with Crippen LogP contribution in [-0.4, -0.2) is 38.7 Å². The number of carbonyl (C=O) groups is 1. The van der Waals surface area contributed by atoms with E-state index >= 15 is 0 Å². The first kappa shape index (κ1) is 12.4. The van der Waals surface area contributed by atoms with Crippen molar-refractivity contribution in [3.8, 4) is 0 Å². The summed E-state index contributed by atoms with van der Waals surface area (Å²) >= 11 is 0. The fourth-order valence-corrected chi connectivity index (χ4v) is 4.37. The van der Waals surface area contributed by atoms with Crippen molar-refractivity contribution < 1.29 is 4.79 Å². The monoisotopic (exact) mass is 274 g/mol. The van der Waals surface area contributed by atoms with Gasteiger partial charge in [-0.2, -0.15) is 0 Å². The van der Waals surface area contributed by atoms with E-state index in [0.717, 1.165) is 50.4 Å². The average Bonchev–Trinajstić information content (AvgIpc) is 3.16. The second-order valence-corrected chi connectivity index (χ2v) is 6.62. The van der Waals surface area contributed by atoms with Crippen LogP contribution in [0.25, 0.3) is 0 Å². The lowest BCUT2D eigenvalue weighted by Crippen LogP contribution is -2.33. The average molecular weight is 274 g/mol. The summed E-state index contributed by atoms with van der Waals surface area (Å²) in [6, 6.07) is 0.416. The van der Waals surface area contributed by atoms with Crippen LogP contribution in [0.15, 0.2) is 0 Å². The van der Waals surface area contributed by atoms with E-state index in [2.05, 4.69) is 19.7 Å². The summed E-state index contributed by atoms with van der Waals surface area (Å²) in [5.41, 5.74) is 0. The van der Waals surface area contributed by atoms with E-state index in [-0.39, 0.29) is 0 Å². The lowest BCUT2D eigenvalue weighted by atomic mass is 9.94. The van der Waals surface area contributed by atoms with Gasteiger partial charge in [0.1, 0.15) is 11.6 Å². The molecule has 2 aliphatic heterocycles. The minimum absolute atomic E-state index is 0.302. The third kappa shape index (κ3) is 1.79. The van der Waals surface area contributed by atoms with Crippen molar-refractivity contribution in [1.82, 2.24) is 19.7 Å². The zero-order chi connectivity index (χ0) is 13.7. The van der Waals surface area contributed by atoms with Gasteiger partial charge in [-0.3, -0.25) is 4.79 Å². The first-order chi connectivity index (χ1) is 9.74. The molecule has 0 bridgehead atoms. The molecule has 2 atom stereocenters. The lowest BCUT2D eigenvalue weighted by Gasteiger charge is -2.26. The van der Waals surface area contributed by atoms with Gasteiger partial charge >= 0.3 is 0 Å². The zero-order valence-electron chi connectivity index (χ0n) is 12.1. The van der Waals surface area contributed by atoms with Crippen molar-refractivity contribution in [3.05, 3.63) is 11.6 Å². The standard InChI is InChI=1S/C15H22N4O/c1-10-16-17-14-7-6-12-8-18(9-13(12)19(10)14)15(20)11-4-2-3-5-11/h11-13H,2-9H2,1H3/t12-,13+/m1/s1. The summed E-state index contributed by atoms with van der Waals surface area (Å²) in [4.78, 5) is 14.7. The van der Waals surface area contributed by atoms with Crippen molar-refractivity contribution in [1.29, 1.82) is 0 Å². The molecule has 1 aromatic rings. The number of carbonyl (C=O) groups excluding carboxylic acids is 1. The maximum atomic E-state index is 12.6. The van der Waals surface area contributed by atoms with Crippen molar-refractivity contribution >= 4 is 5.91 Å². The molecule has 2 fully saturated rings. The van der Waals surface area contributed by atoms with E-state index in [1.54, 1.807) is 0 Å².